The van der Waals surface area contributed by atoms with Crippen LogP contribution in [0, 0.1) is 11.6 Å². The van der Waals surface area contributed by atoms with E-state index in [0.717, 1.165) is 23.9 Å². The lowest BCUT2D eigenvalue weighted by Crippen LogP contribution is -2.05. The molecule has 0 saturated heterocycles. The quantitative estimate of drug-likeness (QED) is 0.529. The molecular weight excluding hydrogens is 324 g/mol. The molecule has 0 N–H and O–H groups in total. The lowest BCUT2D eigenvalue weighted by molar-refractivity contribution is 0.102. The van der Waals surface area contributed by atoms with E-state index < -0.39 is 11.6 Å². The van der Waals surface area contributed by atoms with Gasteiger partial charge in [0.2, 0.25) is 0 Å². The number of carbonyl (C=O) groups excluding carboxylic acids is 1. The SMILES string of the molecule is Cn1c(SCC(=O)c2ccc(F)c(F)c2)nnc1-c1ccco1. The van der Waals surface area contributed by atoms with E-state index in [0.29, 0.717) is 16.7 Å². The number of Topliss-reactive ketones (excluding diaryl/α,β-unsaturated/α-hetero) is 1. The third-order valence-corrected chi connectivity index (χ3v) is 4.17. The van der Waals surface area contributed by atoms with Gasteiger partial charge >= 0.3 is 0 Å². The molecule has 3 rings (SSSR count). The van der Waals surface area contributed by atoms with Crippen LogP contribution < -0.4 is 0 Å². The third kappa shape index (κ3) is 3.16. The van der Waals surface area contributed by atoms with E-state index in [1.807, 2.05) is 0 Å². The summed E-state index contributed by atoms with van der Waals surface area (Å²) in [5.74, 6) is -1.20. The molecule has 2 heterocycles. The minimum Gasteiger partial charge on any atom is -0.461 e. The zero-order valence-electron chi connectivity index (χ0n) is 12.0. The number of furan rings is 1. The predicted octanol–water partition coefficient (Wildman–Crippen LogP) is 3.33. The summed E-state index contributed by atoms with van der Waals surface area (Å²) in [6.45, 7) is 0. The number of halogens is 2. The fourth-order valence-corrected chi connectivity index (χ4v) is 2.75. The molecule has 3 aromatic rings. The summed E-state index contributed by atoms with van der Waals surface area (Å²) in [6, 6.07) is 6.58. The maximum Gasteiger partial charge on any atom is 0.200 e. The highest BCUT2D eigenvalue weighted by Crippen LogP contribution is 2.23. The number of ketones is 1. The lowest BCUT2D eigenvalue weighted by atomic mass is 10.1. The van der Waals surface area contributed by atoms with Crippen molar-refractivity contribution in [2.24, 2.45) is 7.05 Å². The van der Waals surface area contributed by atoms with Gasteiger partial charge in [-0.2, -0.15) is 0 Å². The second kappa shape index (κ2) is 6.33. The summed E-state index contributed by atoms with van der Waals surface area (Å²) in [5, 5.41) is 8.53. The van der Waals surface area contributed by atoms with Crippen molar-refractivity contribution >= 4 is 17.5 Å². The van der Waals surface area contributed by atoms with Crippen molar-refractivity contribution in [3.63, 3.8) is 0 Å². The average molecular weight is 335 g/mol. The summed E-state index contributed by atoms with van der Waals surface area (Å²) in [6.07, 6.45) is 1.53. The molecular formula is C15H11F2N3O2S. The summed E-state index contributed by atoms with van der Waals surface area (Å²) in [4.78, 5) is 12.0. The molecule has 0 atom stereocenters. The fourth-order valence-electron chi connectivity index (χ4n) is 1.94. The van der Waals surface area contributed by atoms with Crippen molar-refractivity contribution in [3.05, 3.63) is 53.8 Å². The molecule has 5 nitrogen and oxygen atoms in total. The number of nitrogens with zero attached hydrogens (tertiary/aromatic N) is 3. The maximum absolute atomic E-state index is 13.2. The van der Waals surface area contributed by atoms with Gasteiger partial charge in [0.25, 0.3) is 0 Å². The molecule has 0 aliphatic rings. The molecule has 0 bridgehead atoms. The van der Waals surface area contributed by atoms with Gasteiger partial charge in [-0.15, -0.1) is 10.2 Å². The van der Waals surface area contributed by atoms with Gasteiger partial charge in [-0.25, -0.2) is 8.78 Å². The molecule has 0 radical (unpaired) electrons. The molecule has 0 unspecified atom stereocenters. The Hall–Kier alpha value is -2.48. The lowest BCUT2D eigenvalue weighted by Gasteiger charge is -2.03. The molecule has 118 valence electrons. The fraction of sp³-hybridized carbons (Fsp3) is 0.133. The zero-order valence-corrected chi connectivity index (χ0v) is 12.8. The van der Waals surface area contributed by atoms with Gasteiger partial charge < -0.3 is 8.98 Å². The van der Waals surface area contributed by atoms with E-state index in [9.17, 15) is 13.6 Å². The Kier molecular flexibility index (Phi) is 4.24. The Labute approximate surface area is 134 Å². The predicted molar refractivity (Wildman–Crippen MR) is 80.1 cm³/mol. The molecule has 0 saturated carbocycles. The molecule has 2 aromatic heterocycles. The van der Waals surface area contributed by atoms with E-state index >= 15 is 0 Å². The number of thioether (sulfide) groups is 1. The first-order chi connectivity index (χ1) is 11.1. The van der Waals surface area contributed by atoms with E-state index in [2.05, 4.69) is 10.2 Å². The summed E-state index contributed by atoms with van der Waals surface area (Å²) in [7, 11) is 1.75. The van der Waals surface area contributed by atoms with E-state index in [1.165, 1.54) is 12.3 Å². The zero-order chi connectivity index (χ0) is 16.4. The Morgan fingerprint density at radius 1 is 1.26 bits per heavy atom. The van der Waals surface area contributed by atoms with Gasteiger partial charge in [0.05, 0.1) is 12.0 Å². The van der Waals surface area contributed by atoms with Crippen LogP contribution in [0.5, 0.6) is 0 Å². The van der Waals surface area contributed by atoms with Crippen molar-refractivity contribution in [1.29, 1.82) is 0 Å². The average Bonchev–Trinajstić information content (AvgIpc) is 3.17. The van der Waals surface area contributed by atoms with Crippen molar-refractivity contribution in [2.45, 2.75) is 5.16 Å². The first-order valence-corrected chi connectivity index (χ1v) is 7.59. The van der Waals surface area contributed by atoms with Crippen LogP contribution >= 0.6 is 11.8 Å². The number of benzene rings is 1. The van der Waals surface area contributed by atoms with Gasteiger partial charge in [-0.1, -0.05) is 11.8 Å². The van der Waals surface area contributed by atoms with E-state index in [1.54, 1.807) is 23.7 Å². The minimum absolute atomic E-state index is 0.0369. The Balaban J connectivity index is 1.71. The number of rotatable bonds is 5. The summed E-state index contributed by atoms with van der Waals surface area (Å²) >= 11 is 1.16. The van der Waals surface area contributed by atoms with Gasteiger partial charge in [0, 0.05) is 12.6 Å². The second-order valence-corrected chi connectivity index (χ2v) is 5.63. The van der Waals surface area contributed by atoms with Gasteiger partial charge in [-0.05, 0) is 30.3 Å². The first kappa shape index (κ1) is 15.4. The summed E-state index contributed by atoms with van der Waals surface area (Å²) in [5.41, 5.74) is 0.116. The third-order valence-electron chi connectivity index (χ3n) is 3.15. The van der Waals surface area contributed by atoms with Crippen molar-refractivity contribution in [2.75, 3.05) is 5.75 Å². The van der Waals surface area contributed by atoms with Crippen molar-refractivity contribution in [1.82, 2.24) is 14.8 Å². The standard InChI is InChI=1S/C15H11F2N3O2S/c1-20-14(13-3-2-6-22-13)18-19-15(20)23-8-12(21)9-4-5-10(16)11(17)7-9/h2-7H,8H2,1H3. The molecule has 0 aliphatic heterocycles. The van der Waals surface area contributed by atoms with Crippen molar-refractivity contribution < 1.29 is 18.0 Å². The van der Waals surface area contributed by atoms with Crippen LogP contribution in [0.3, 0.4) is 0 Å². The summed E-state index contributed by atoms with van der Waals surface area (Å²) < 4.78 is 33.0. The second-order valence-electron chi connectivity index (χ2n) is 4.68. The van der Waals surface area contributed by atoms with Gasteiger partial charge in [0.15, 0.2) is 34.2 Å². The number of aromatic nitrogens is 3. The van der Waals surface area contributed by atoms with E-state index in [-0.39, 0.29) is 17.1 Å². The molecule has 0 spiro atoms. The van der Waals surface area contributed by atoms with Gasteiger partial charge in [-0.3, -0.25) is 4.79 Å². The van der Waals surface area contributed by atoms with Crippen LogP contribution in [-0.2, 0) is 7.05 Å². The number of hydrogen-bond acceptors (Lipinski definition) is 5. The molecule has 0 amide bonds. The van der Waals surface area contributed by atoms with Crippen molar-refractivity contribution in [3.8, 4) is 11.6 Å². The topological polar surface area (TPSA) is 60.9 Å². The highest BCUT2D eigenvalue weighted by molar-refractivity contribution is 7.99. The number of hydrogen-bond donors (Lipinski definition) is 0. The Morgan fingerprint density at radius 2 is 2.09 bits per heavy atom. The largest absolute Gasteiger partial charge is 0.461 e. The first-order valence-electron chi connectivity index (χ1n) is 6.60. The molecule has 0 aliphatic carbocycles. The van der Waals surface area contributed by atoms with Crippen LogP contribution in [-0.4, -0.2) is 26.3 Å². The highest BCUT2D eigenvalue weighted by Gasteiger charge is 2.16. The van der Waals surface area contributed by atoms with Crippen LogP contribution in [0.1, 0.15) is 10.4 Å². The molecule has 23 heavy (non-hydrogen) atoms. The molecule has 1 aromatic carbocycles. The number of carbonyl (C=O) groups is 1. The van der Waals surface area contributed by atoms with Crippen LogP contribution in [0.25, 0.3) is 11.6 Å². The van der Waals surface area contributed by atoms with E-state index in [4.69, 9.17) is 4.42 Å². The maximum atomic E-state index is 13.2. The Bertz CT molecular complexity index is 847. The molecule has 8 heteroatoms. The van der Waals surface area contributed by atoms with Gasteiger partial charge in [0.1, 0.15) is 0 Å². The monoisotopic (exact) mass is 335 g/mol. The molecule has 0 fully saturated rings. The van der Waals surface area contributed by atoms with Crippen LogP contribution in [0.2, 0.25) is 0 Å². The minimum atomic E-state index is -1.04. The van der Waals surface area contributed by atoms with Crippen LogP contribution in [0.15, 0.2) is 46.2 Å². The van der Waals surface area contributed by atoms with Crippen LogP contribution in [0.4, 0.5) is 8.78 Å². The normalized spacial score (nSPS) is 10.9. The Morgan fingerprint density at radius 3 is 2.78 bits per heavy atom. The smallest absolute Gasteiger partial charge is 0.200 e. The highest BCUT2D eigenvalue weighted by atomic mass is 32.2.